The number of carbonyl (C=O) groups excluding carboxylic acids is 1. The fourth-order valence-corrected chi connectivity index (χ4v) is 3.99. The first-order chi connectivity index (χ1) is 13.8. The van der Waals surface area contributed by atoms with Gasteiger partial charge in [0.1, 0.15) is 28.0 Å². The average molecular weight is 417 g/mol. The second-order valence-electron chi connectivity index (χ2n) is 6.31. The summed E-state index contributed by atoms with van der Waals surface area (Å²) in [4.78, 5) is 16.5. The molecule has 0 atom stereocenters. The Balaban J connectivity index is 1.93. The number of nitrogens with one attached hydrogen (secondary N) is 1. The Kier molecular flexibility index (Phi) is 5.69. The van der Waals surface area contributed by atoms with E-state index in [1.807, 2.05) is 11.6 Å². The summed E-state index contributed by atoms with van der Waals surface area (Å²) < 4.78 is 48.0. The zero-order chi connectivity index (χ0) is 21.2. The number of sulfonamides is 1. The fraction of sp³-hybridized carbons (Fsp3) is 0.200. The average Bonchev–Trinajstić information content (AvgIpc) is 3.09. The van der Waals surface area contributed by atoms with Crippen LogP contribution in [0.5, 0.6) is 5.75 Å². The summed E-state index contributed by atoms with van der Waals surface area (Å²) in [5, 5.41) is 0. The maximum Gasteiger partial charge on any atom is 0.285 e. The number of nitrogens with zero attached hydrogens (tertiary/aromatic N) is 2. The predicted molar refractivity (Wildman–Crippen MR) is 106 cm³/mol. The van der Waals surface area contributed by atoms with Crippen LogP contribution in [0.25, 0.3) is 11.4 Å². The summed E-state index contributed by atoms with van der Waals surface area (Å²) in [5.41, 5.74) is 0.995. The minimum atomic E-state index is -4.19. The fourth-order valence-electron chi connectivity index (χ4n) is 2.86. The Labute approximate surface area is 168 Å². The lowest BCUT2D eigenvalue weighted by Crippen LogP contribution is -2.31. The molecule has 0 unspecified atom stereocenters. The van der Waals surface area contributed by atoms with Crippen molar-refractivity contribution in [3.05, 3.63) is 65.7 Å². The molecule has 0 fully saturated rings. The van der Waals surface area contributed by atoms with Crippen molar-refractivity contribution in [2.45, 2.75) is 18.2 Å². The molecule has 0 spiro atoms. The summed E-state index contributed by atoms with van der Waals surface area (Å²) in [5.74, 6) is -1.08. The highest BCUT2D eigenvalue weighted by Gasteiger charge is 2.24. The predicted octanol–water partition coefficient (Wildman–Crippen LogP) is 2.92. The summed E-state index contributed by atoms with van der Waals surface area (Å²) in [6.45, 7) is 1.94. The van der Waals surface area contributed by atoms with Gasteiger partial charge in [-0.15, -0.1) is 0 Å². The third-order valence-electron chi connectivity index (χ3n) is 4.37. The van der Waals surface area contributed by atoms with E-state index < -0.39 is 21.7 Å². The summed E-state index contributed by atoms with van der Waals surface area (Å²) >= 11 is 0. The SMILES string of the molecule is CCc1ccc(F)c(-c2nc(C(=O)NS(=O)(=O)c3ccccc3OC)cn2C)c1. The van der Waals surface area contributed by atoms with Gasteiger partial charge in [0, 0.05) is 13.2 Å². The van der Waals surface area contributed by atoms with Crippen LogP contribution in [0, 0.1) is 5.82 Å². The van der Waals surface area contributed by atoms with E-state index in [1.165, 1.54) is 42.1 Å². The number of imidazole rings is 1. The van der Waals surface area contributed by atoms with E-state index in [9.17, 15) is 17.6 Å². The van der Waals surface area contributed by atoms with Gasteiger partial charge in [-0.3, -0.25) is 4.79 Å². The van der Waals surface area contributed by atoms with Gasteiger partial charge in [0.05, 0.1) is 12.7 Å². The third kappa shape index (κ3) is 4.14. The van der Waals surface area contributed by atoms with Crippen LogP contribution in [0.15, 0.2) is 53.6 Å². The summed E-state index contributed by atoms with van der Waals surface area (Å²) in [6, 6.07) is 10.6. The topological polar surface area (TPSA) is 90.3 Å². The van der Waals surface area contributed by atoms with E-state index in [0.717, 1.165) is 5.56 Å². The number of ether oxygens (including phenoxy) is 1. The number of para-hydroxylation sites is 1. The Morgan fingerprint density at radius 1 is 1.24 bits per heavy atom. The minimum Gasteiger partial charge on any atom is -0.495 e. The molecule has 0 aliphatic carbocycles. The van der Waals surface area contributed by atoms with Crippen molar-refractivity contribution >= 4 is 15.9 Å². The molecular formula is C20H20FN3O4S. The number of aromatic nitrogens is 2. The number of methoxy groups -OCH3 is 1. The van der Waals surface area contributed by atoms with E-state index in [4.69, 9.17) is 4.74 Å². The molecule has 0 saturated heterocycles. The van der Waals surface area contributed by atoms with Gasteiger partial charge in [-0.2, -0.15) is 0 Å². The molecule has 0 aliphatic rings. The molecule has 2 aromatic carbocycles. The summed E-state index contributed by atoms with van der Waals surface area (Å²) in [7, 11) is -1.25. The van der Waals surface area contributed by atoms with Gasteiger partial charge < -0.3 is 9.30 Å². The van der Waals surface area contributed by atoms with Crippen LogP contribution in [0.2, 0.25) is 0 Å². The first kappa shape index (κ1) is 20.5. The van der Waals surface area contributed by atoms with Crippen LogP contribution in [0.1, 0.15) is 23.0 Å². The quantitative estimate of drug-likeness (QED) is 0.666. The Morgan fingerprint density at radius 2 is 1.97 bits per heavy atom. The van der Waals surface area contributed by atoms with E-state index in [0.29, 0.717) is 6.42 Å². The van der Waals surface area contributed by atoms with E-state index >= 15 is 0 Å². The molecule has 1 N–H and O–H groups in total. The van der Waals surface area contributed by atoms with Crippen LogP contribution >= 0.6 is 0 Å². The first-order valence-electron chi connectivity index (χ1n) is 8.79. The lowest BCUT2D eigenvalue weighted by molar-refractivity contribution is 0.0977. The van der Waals surface area contributed by atoms with Crippen molar-refractivity contribution in [3.63, 3.8) is 0 Å². The van der Waals surface area contributed by atoms with Gasteiger partial charge in [-0.25, -0.2) is 22.5 Å². The molecule has 0 radical (unpaired) electrons. The molecule has 0 aliphatic heterocycles. The highest BCUT2D eigenvalue weighted by atomic mass is 32.2. The van der Waals surface area contributed by atoms with E-state index in [-0.39, 0.29) is 27.7 Å². The molecule has 152 valence electrons. The number of hydrogen-bond acceptors (Lipinski definition) is 5. The van der Waals surface area contributed by atoms with Crippen LogP contribution in [-0.2, 0) is 23.5 Å². The summed E-state index contributed by atoms with van der Waals surface area (Å²) in [6.07, 6.45) is 2.06. The molecule has 0 bridgehead atoms. The molecule has 7 nitrogen and oxygen atoms in total. The Morgan fingerprint density at radius 3 is 2.66 bits per heavy atom. The molecule has 9 heteroatoms. The number of aryl methyl sites for hydroxylation is 2. The Bertz CT molecular complexity index is 1170. The number of benzene rings is 2. The zero-order valence-electron chi connectivity index (χ0n) is 16.1. The smallest absolute Gasteiger partial charge is 0.285 e. The second-order valence-corrected chi connectivity index (χ2v) is 7.96. The number of rotatable bonds is 6. The Hall–Kier alpha value is -3.20. The third-order valence-corrected chi connectivity index (χ3v) is 5.75. The lowest BCUT2D eigenvalue weighted by atomic mass is 10.1. The van der Waals surface area contributed by atoms with E-state index in [2.05, 4.69) is 4.98 Å². The van der Waals surface area contributed by atoms with Crippen molar-refractivity contribution in [1.82, 2.24) is 14.3 Å². The van der Waals surface area contributed by atoms with Gasteiger partial charge in [-0.1, -0.05) is 25.1 Å². The normalized spacial score (nSPS) is 11.3. The minimum absolute atomic E-state index is 0.105. The largest absolute Gasteiger partial charge is 0.495 e. The zero-order valence-corrected chi connectivity index (χ0v) is 17.0. The maximum atomic E-state index is 14.3. The molecule has 1 amide bonds. The van der Waals surface area contributed by atoms with Crippen LogP contribution in [0.4, 0.5) is 4.39 Å². The van der Waals surface area contributed by atoms with E-state index in [1.54, 1.807) is 25.2 Å². The standard InChI is InChI=1S/C20H20FN3O4S/c1-4-13-9-10-15(21)14(11-13)19-22-16(12-24(19)2)20(25)23-29(26,27)18-8-6-5-7-17(18)28-3/h5-12H,4H2,1-3H3,(H,23,25). The molecule has 29 heavy (non-hydrogen) atoms. The van der Waals surface area contributed by atoms with Crippen LogP contribution in [-0.4, -0.2) is 31.0 Å². The number of carbonyl (C=O) groups is 1. The first-order valence-corrected chi connectivity index (χ1v) is 10.3. The maximum absolute atomic E-state index is 14.3. The molecule has 3 aromatic rings. The molecule has 3 rings (SSSR count). The highest BCUT2D eigenvalue weighted by Crippen LogP contribution is 2.25. The van der Waals surface area contributed by atoms with Crippen molar-refractivity contribution in [3.8, 4) is 17.1 Å². The van der Waals surface area contributed by atoms with Crippen molar-refractivity contribution in [2.75, 3.05) is 7.11 Å². The number of halogens is 1. The molecular weight excluding hydrogens is 397 g/mol. The lowest BCUT2D eigenvalue weighted by Gasteiger charge is -2.09. The molecule has 0 saturated carbocycles. The van der Waals surface area contributed by atoms with Gasteiger partial charge in [0.2, 0.25) is 0 Å². The van der Waals surface area contributed by atoms with Gasteiger partial charge >= 0.3 is 0 Å². The van der Waals surface area contributed by atoms with Crippen LogP contribution < -0.4 is 9.46 Å². The number of hydrogen-bond donors (Lipinski definition) is 1. The van der Waals surface area contributed by atoms with Gasteiger partial charge in [0.15, 0.2) is 0 Å². The molecule has 1 aromatic heterocycles. The van der Waals surface area contributed by atoms with Crippen molar-refractivity contribution < 1.29 is 22.3 Å². The molecule has 1 heterocycles. The van der Waals surface area contributed by atoms with Gasteiger partial charge in [-0.05, 0) is 36.2 Å². The number of amides is 1. The van der Waals surface area contributed by atoms with Crippen molar-refractivity contribution in [2.24, 2.45) is 7.05 Å². The highest BCUT2D eigenvalue weighted by molar-refractivity contribution is 7.90. The van der Waals surface area contributed by atoms with Gasteiger partial charge in [0.25, 0.3) is 15.9 Å². The van der Waals surface area contributed by atoms with Crippen LogP contribution in [0.3, 0.4) is 0 Å². The second kappa shape index (κ2) is 8.04. The van der Waals surface area contributed by atoms with Crippen molar-refractivity contribution in [1.29, 1.82) is 0 Å². The monoisotopic (exact) mass is 417 g/mol.